The Morgan fingerprint density at radius 2 is 2.18 bits per heavy atom. The van der Waals surface area contributed by atoms with E-state index in [1.54, 1.807) is 0 Å². The van der Waals surface area contributed by atoms with E-state index in [2.05, 4.69) is 30.4 Å². The van der Waals surface area contributed by atoms with Gasteiger partial charge in [-0.3, -0.25) is 4.79 Å². The van der Waals surface area contributed by atoms with Crippen molar-refractivity contribution in [2.75, 3.05) is 19.7 Å². The minimum absolute atomic E-state index is 0.0728. The van der Waals surface area contributed by atoms with Crippen LogP contribution in [0.1, 0.15) is 33.6 Å². The Labute approximate surface area is 104 Å². The standard InChI is InChI=1S/C13H24N2O2/c1-5-8-14-12(17)11(2)15-10-13(3,4)7-6-9-16/h1,11,15-16H,6-10H2,2-4H3,(H,14,17). The maximum absolute atomic E-state index is 11.5. The van der Waals surface area contributed by atoms with Crippen molar-refractivity contribution in [1.29, 1.82) is 0 Å². The van der Waals surface area contributed by atoms with Crippen molar-refractivity contribution in [2.24, 2.45) is 5.41 Å². The van der Waals surface area contributed by atoms with Crippen LogP contribution >= 0.6 is 0 Å². The summed E-state index contributed by atoms with van der Waals surface area (Å²) in [6.45, 7) is 7.25. The molecule has 3 N–H and O–H groups in total. The number of rotatable bonds is 8. The fourth-order valence-electron chi connectivity index (χ4n) is 1.46. The molecule has 1 unspecified atom stereocenters. The topological polar surface area (TPSA) is 61.4 Å². The molecule has 0 aromatic carbocycles. The fraction of sp³-hybridized carbons (Fsp3) is 0.769. The Morgan fingerprint density at radius 1 is 1.53 bits per heavy atom. The van der Waals surface area contributed by atoms with Crippen LogP contribution < -0.4 is 10.6 Å². The van der Waals surface area contributed by atoms with E-state index in [1.807, 2.05) is 6.92 Å². The highest BCUT2D eigenvalue weighted by atomic mass is 16.2. The molecule has 0 fully saturated rings. The van der Waals surface area contributed by atoms with Gasteiger partial charge in [-0.05, 0) is 25.2 Å². The van der Waals surface area contributed by atoms with Crippen LogP contribution in [0.15, 0.2) is 0 Å². The number of nitrogens with one attached hydrogen (secondary N) is 2. The molecule has 4 heteroatoms. The first kappa shape index (κ1) is 16.0. The molecule has 0 saturated heterocycles. The zero-order valence-corrected chi connectivity index (χ0v) is 11.0. The Balaban J connectivity index is 3.93. The number of carbonyl (C=O) groups excluding carboxylic acids is 1. The molecule has 1 amide bonds. The normalized spacial score (nSPS) is 12.9. The van der Waals surface area contributed by atoms with Gasteiger partial charge in [0.15, 0.2) is 0 Å². The van der Waals surface area contributed by atoms with Crippen molar-refractivity contribution in [3.05, 3.63) is 0 Å². The van der Waals surface area contributed by atoms with Crippen LogP contribution in [-0.2, 0) is 4.79 Å². The van der Waals surface area contributed by atoms with Gasteiger partial charge >= 0.3 is 0 Å². The van der Waals surface area contributed by atoms with Crippen LogP contribution in [0.5, 0.6) is 0 Å². The smallest absolute Gasteiger partial charge is 0.237 e. The third-order valence-corrected chi connectivity index (χ3v) is 2.66. The molecular formula is C13H24N2O2. The summed E-state index contributed by atoms with van der Waals surface area (Å²) in [5.41, 5.74) is 0.0728. The Kier molecular flexibility index (Phi) is 7.60. The van der Waals surface area contributed by atoms with Crippen molar-refractivity contribution in [1.82, 2.24) is 10.6 Å². The van der Waals surface area contributed by atoms with Gasteiger partial charge in [-0.25, -0.2) is 0 Å². The summed E-state index contributed by atoms with van der Waals surface area (Å²) in [5.74, 6) is 2.28. The molecule has 0 heterocycles. The molecule has 0 bridgehead atoms. The van der Waals surface area contributed by atoms with E-state index in [9.17, 15) is 4.79 Å². The van der Waals surface area contributed by atoms with Crippen molar-refractivity contribution < 1.29 is 9.90 Å². The third kappa shape index (κ3) is 7.78. The van der Waals surface area contributed by atoms with Crippen LogP contribution in [0.3, 0.4) is 0 Å². The molecule has 17 heavy (non-hydrogen) atoms. The number of terminal acetylenes is 1. The molecular weight excluding hydrogens is 216 g/mol. The van der Waals surface area contributed by atoms with Crippen molar-refractivity contribution in [2.45, 2.75) is 39.7 Å². The van der Waals surface area contributed by atoms with Gasteiger partial charge in [0.1, 0.15) is 0 Å². The molecule has 0 saturated carbocycles. The first-order valence-electron chi connectivity index (χ1n) is 5.98. The van der Waals surface area contributed by atoms with E-state index in [-0.39, 0.29) is 30.5 Å². The quantitative estimate of drug-likeness (QED) is 0.542. The van der Waals surface area contributed by atoms with Crippen molar-refractivity contribution in [3.63, 3.8) is 0 Å². The monoisotopic (exact) mass is 240 g/mol. The molecule has 0 aliphatic heterocycles. The zero-order chi connectivity index (χ0) is 13.3. The first-order valence-corrected chi connectivity index (χ1v) is 5.98. The molecule has 0 aromatic rings. The Hall–Kier alpha value is -1.05. The maximum Gasteiger partial charge on any atom is 0.237 e. The number of aliphatic hydroxyl groups excluding tert-OH is 1. The average Bonchev–Trinajstić information content (AvgIpc) is 2.30. The van der Waals surface area contributed by atoms with E-state index in [0.29, 0.717) is 0 Å². The summed E-state index contributed by atoms with van der Waals surface area (Å²) in [6.07, 6.45) is 6.78. The van der Waals surface area contributed by atoms with Crippen molar-refractivity contribution >= 4 is 5.91 Å². The summed E-state index contributed by atoms with van der Waals surface area (Å²) >= 11 is 0. The predicted molar refractivity (Wildman–Crippen MR) is 69.4 cm³/mol. The maximum atomic E-state index is 11.5. The number of hydrogen-bond donors (Lipinski definition) is 3. The fourth-order valence-corrected chi connectivity index (χ4v) is 1.46. The molecule has 0 aliphatic rings. The second kappa shape index (κ2) is 8.10. The molecule has 4 nitrogen and oxygen atoms in total. The Bertz CT molecular complexity index is 269. The number of carbonyl (C=O) groups is 1. The minimum Gasteiger partial charge on any atom is -0.396 e. The van der Waals surface area contributed by atoms with E-state index >= 15 is 0 Å². The lowest BCUT2D eigenvalue weighted by Crippen LogP contribution is -2.45. The zero-order valence-electron chi connectivity index (χ0n) is 11.0. The highest BCUT2D eigenvalue weighted by Gasteiger charge is 2.20. The largest absolute Gasteiger partial charge is 0.396 e. The van der Waals surface area contributed by atoms with Gasteiger partial charge in [0.05, 0.1) is 12.6 Å². The average molecular weight is 240 g/mol. The summed E-state index contributed by atoms with van der Waals surface area (Å²) in [6, 6.07) is -0.253. The molecule has 0 aliphatic carbocycles. The van der Waals surface area contributed by atoms with Gasteiger partial charge in [-0.2, -0.15) is 0 Å². The van der Waals surface area contributed by atoms with Crippen LogP contribution in [0.4, 0.5) is 0 Å². The number of aliphatic hydroxyl groups is 1. The molecule has 0 rings (SSSR count). The lowest BCUT2D eigenvalue weighted by Gasteiger charge is -2.26. The number of hydrogen-bond acceptors (Lipinski definition) is 3. The lowest BCUT2D eigenvalue weighted by atomic mass is 9.87. The summed E-state index contributed by atoms with van der Waals surface area (Å²) in [5, 5.41) is 14.6. The molecule has 0 aromatic heterocycles. The van der Waals surface area contributed by atoms with E-state index < -0.39 is 0 Å². The van der Waals surface area contributed by atoms with Gasteiger partial charge < -0.3 is 15.7 Å². The van der Waals surface area contributed by atoms with E-state index in [1.165, 1.54) is 0 Å². The second-order valence-electron chi connectivity index (χ2n) is 5.02. The number of amides is 1. The lowest BCUT2D eigenvalue weighted by molar-refractivity contribution is -0.122. The van der Waals surface area contributed by atoms with E-state index in [0.717, 1.165) is 19.4 Å². The summed E-state index contributed by atoms with van der Waals surface area (Å²) in [7, 11) is 0. The van der Waals surface area contributed by atoms with Crippen LogP contribution in [0.2, 0.25) is 0 Å². The van der Waals surface area contributed by atoms with Crippen LogP contribution in [-0.4, -0.2) is 36.8 Å². The van der Waals surface area contributed by atoms with E-state index in [4.69, 9.17) is 11.5 Å². The summed E-state index contributed by atoms with van der Waals surface area (Å²) in [4.78, 5) is 11.5. The van der Waals surface area contributed by atoms with Gasteiger partial charge in [-0.1, -0.05) is 19.8 Å². The molecule has 0 spiro atoms. The van der Waals surface area contributed by atoms with Gasteiger partial charge in [0, 0.05) is 13.2 Å². The van der Waals surface area contributed by atoms with Crippen LogP contribution in [0.25, 0.3) is 0 Å². The Morgan fingerprint density at radius 3 is 2.71 bits per heavy atom. The molecule has 0 radical (unpaired) electrons. The van der Waals surface area contributed by atoms with Gasteiger partial charge in [0.2, 0.25) is 5.91 Å². The molecule has 98 valence electrons. The van der Waals surface area contributed by atoms with Gasteiger partial charge in [-0.15, -0.1) is 6.42 Å². The summed E-state index contributed by atoms with van der Waals surface area (Å²) < 4.78 is 0. The minimum atomic E-state index is -0.253. The second-order valence-corrected chi connectivity index (χ2v) is 5.02. The van der Waals surface area contributed by atoms with Crippen LogP contribution in [0, 0.1) is 17.8 Å². The third-order valence-electron chi connectivity index (χ3n) is 2.66. The van der Waals surface area contributed by atoms with Gasteiger partial charge in [0.25, 0.3) is 0 Å². The SMILES string of the molecule is C#CCNC(=O)C(C)NCC(C)(C)CCCO. The predicted octanol–water partition coefficient (Wildman–Crippen LogP) is 0.513. The highest BCUT2D eigenvalue weighted by Crippen LogP contribution is 2.20. The molecule has 1 atom stereocenters. The highest BCUT2D eigenvalue weighted by molar-refractivity contribution is 5.81. The van der Waals surface area contributed by atoms with Crippen molar-refractivity contribution in [3.8, 4) is 12.3 Å². The first-order chi connectivity index (χ1) is 7.93.